The number of sulfonamides is 2. The zero-order valence-corrected chi connectivity index (χ0v) is 18.2. The highest BCUT2D eigenvalue weighted by Gasteiger charge is 2.22. The third kappa shape index (κ3) is 6.36. The molecule has 0 aliphatic carbocycles. The number of nitrogens with one attached hydrogen (secondary N) is 2. The summed E-state index contributed by atoms with van der Waals surface area (Å²) < 4.78 is 52.6. The number of benzene rings is 2. The van der Waals surface area contributed by atoms with Crippen LogP contribution < -0.4 is 10.0 Å². The van der Waals surface area contributed by atoms with E-state index in [9.17, 15) is 21.6 Å². The Morgan fingerprint density at radius 3 is 1.83 bits per heavy atom. The van der Waals surface area contributed by atoms with Crippen LogP contribution in [0.3, 0.4) is 0 Å². The summed E-state index contributed by atoms with van der Waals surface area (Å²) in [7, 11) is -6.14. The van der Waals surface area contributed by atoms with E-state index in [0.29, 0.717) is 0 Å². The van der Waals surface area contributed by atoms with Crippen molar-refractivity contribution in [3.8, 4) is 0 Å². The predicted molar refractivity (Wildman–Crippen MR) is 110 cm³/mol. The normalized spacial score (nSPS) is 12.1. The molecule has 2 aromatic carbocycles. The molecular formula is C19H25N3O5S2. The predicted octanol–water partition coefficient (Wildman–Crippen LogP) is 1.02. The first-order chi connectivity index (χ1) is 13.5. The fraction of sp³-hybridized carbons (Fsp3) is 0.316. The van der Waals surface area contributed by atoms with E-state index in [1.165, 1.54) is 31.3 Å². The number of carbonyl (C=O) groups excluding carboxylic acids is 1. The van der Waals surface area contributed by atoms with Crippen LogP contribution in [0, 0.1) is 13.8 Å². The van der Waals surface area contributed by atoms with Gasteiger partial charge in [-0.2, -0.15) is 4.31 Å². The lowest BCUT2D eigenvalue weighted by Crippen LogP contribution is -2.41. The summed E-state index contributed by atoms with van der Waals surface area (Å²) in [4.78, 5) is 12.3. The second kappa shape index (κ2) is 9.49. The van der Waals surface area contributed by atoms with Gasteiger partial charge in [0.25, 0.3) is 0 Å². The van der Waals surface area contributed by atoms with Crippen LogP contribution >= 0.6 is 0 Å². The van der Waals surface area contributed by atoms with E-state index in [0.717, 1.165) is 15.4 Å². The summed E-state index contributed by atoms with van der Waals surface area (Å²) in [5.74, 6) is -0.530. The van der Waals surface area contributed by atoms with Gasteiger partial charge in [0.2, 0.25) is 26.0 Å². The second-order valence-corrected chi connectivity index (χ2v) is 10.4. The minimum Gasteiger partial charge on any atom is -0.354 e. The Balaban J connectivity index is 1.83. The van der Waals surface area contributed by atoms with Gasteiger partial charge in [0.05, 0.1) is 16.3 Å². The molecule has 2 rings (SSSR count). The van der Waals surface area contributed by atoms with Crippen molar-refractivity contribution in [1.82, 2.24) is 14.3 Å². The van der Waals surface area contributed by atoms with E-state index in [1.54, 1.807) is 24.3 Å². The van der Waals surface area contributed by atoms with Crippen molar-refractivity contribution >= 4 is 26.0 Å². The summed E-state index contributed by atoms with van der Waals surface area (Å²) >= 11 is 0. The summed E-state index contributed by atoms with van der Waals surface area (Å²) in [6, 6.07) is 12.7. The summed E-state index contributed by atoms with van der Waals surface area (Å²) in [6.45, 7) is 3.34. The number of rotatable bonds is 9. The minimum absolute atomic E-state index is 0.0175. The molecule has 1 amide bonds. The van der Waals surface area contributed by atoms with Crippen LogP contribution in [0.4, 0.5) is 0 Å². The monoisotopic (exact) mass is 439 g/mol. The molecule has 2 aromatic rings. The zero-order chi connectivity index (χ0) is 21.7. The topological polar surface area (TPSA) is 113 Å². The standard InChI is InChI=1S/C19H25N3O5S2/c1-15-4-8-17(9-5-15)28(24,25)21-13-12-20-19(23)14-22(3)29(26,27)18-10-6-16(2)7-11-18/h4-11,21H,12-14H2,1-3H3,(H,20,23). The molecule has 10 heteroatoms. The van der Waals surface area contributed by atoms with Gasteiger partial charge in [0.15, 0.2) is 0 Å². The molecule has 0 aromatic heterocycles. The quantitative estimate of drug-likeness (QED) is 0.567. The molecule has 0 bridgehead atoms. The molecule has 29 heavy (non-hydrogen) atoms. The van der Waals surface area contributed by atoms with Gasteiger partial charge in [-0.15, -0.1) is 0 Å². The van der Waals surface area contributed by atoms with Crippen LogP contribution in [-0.2, 0) is 24.8 Å². The molecule has 0 unspecified atom stereocenters. The van der Waals surface area contributed by atoms with Crippen LogP contribution in [0.15, 0.2) is 58.3 Å². The lowest BCUT2D eigenvalue weighted by Gasteiger charge is -2.17. The number of aryl methyl sites for hydroxylation is 2. The number of nitrogens with zero attached hydrogens (tertiary/aromatic N) is 1. The SMILES string of the molecule is Cc1ccc(S(=O)(=O)NCCNC(=O)CN(C)S(=O)(=O)c2ccc(C)cc2)cc1. The molecule has 0 saturated heterocycles. The second-order valence-electron chi connectivity index (χ2n) is 6.63. The first-order valence-electron chi connectivity index (χ1n) is 8.88. The molecule has 158 valence electrons. The van der Waals surface area contributed by atoms with Gasteiger partial charge < -0.3 is 5.32 Å². The molecule has 0 radical (unpaired) electrons. The molecule has 2 N–H and O–H groups in total. The fourth-order valence-electron chi connectivity index (χ4n) is 2.42. The molecule has 0 saturated carbocycles. The highest BCUT2D eigenvalue weighted by molar-refractivity contribution is 7.89. The van der Waals surface area contributed by atoms with E-state index in [1.807, 2.05) is 13.8 Å². The van der Waals surface area contributed by atoms with E-state index in [4.69, 9.17) is 0 Å². The van der Waals surface area contributed by atoms with E-state index >= 15 is 0 Å². The average molecular weight is 440 g/mol. The molecule has 0 aliphatic rings. The smallest absolute Gasteiger partial charge is 0.243 e. The summed E-state index contributed by atoms with van der Waals surface area (Å²) in [5, 5.41) is 2.51. The van der Waals surface area contributed by atoms with Crippen LogP contribution in [0.25, 0.3) is 0 Å². The van der Waals surface area contributed by atoms with Crippen LogP contribution in [0.1, 0.15) is 11.1 Å². The molecule has 8 nitrogen and oxygen atoms in total. The zero-order valence-electron chi connectivity index (χ0n) is 16.5. The Kier molecular flexibility index (Phi) is 7.53. The van der Waals surface area contributed by atoms with Gasteiger partial charge in [-0.1, -0.05) is 35.4 Å². The number of hydrogen-bond acceptors (Lipinski definition) is 5. The molecule has 0 aliphatic heterocycles. The highest BCUT2D eigenvalue weighted by atomic mass is 32.2. The Bertz CT molecular complexity index is 1050. The largest absolute Gasteiger partial charge is 0.354 e. The Morgan fingerprint density at radius 2 is 1.31 bits per heavy atom. The molecule has 0 spiro atoms. The van der Waals surface area contributed by atoms with Gasteiger partial charge in [0.1, 0.15) is 0 Å². The van der Waals surface area contributed by atoms with Crippen LogP contribution in [0.5, 0.6) is 0 Å². The van der Waals surface area contributed by atoms with Crippen molar-refractivity contribution in [2.75, 3.05) is 26.7 Å². The average Bonchev–Trinajstić information content (AvgIpc) is 2.66. The van der Waals surface area contributed by atoms with Gasteiger partial charge >= 0.3 is 0 Å². The maximum absolute atomic E-state index is 12.5. The van der Waals surface area contributed by atoms with Crippen molar-refractivity contribution < 1.29 is 21.6 Å². The third-order valence-electron chi connectivity index (χ3n) is 4.17. The van der Waals surface area contributed by atoms with Crippen molar-refractivity contribution in [3.05, 3.63) is 59.7 Å². The molecular weight excluding hydrogens is 414 g/mol. The first kappa shape index (κ1) is 23.0. The Hall–Kier alpha value is -2.27. The van der Waals surface area contributed by atoms with Crippen molar-refractivity contribution in [3.63, 3.8) is 0 Å². The summed E-state index contributed by atoms with van der Waals surface area (Å²) in [6.07, 6.45) is 0. The van der Waals surface area contributed by atoms with Gasteiger partial charge in [0, 0.05) is 20.1 Å². The maximum Gasteiger partial charge on any atom is 0.243 e. The number of hydrogen-bond donors (Lipinski definition) is 2. The van der Waals surface area contributed by atoms with Gasteiger partial charge in [-0.05, 0) is 38.1 Å². The van der Waals surface area contributed by atoms with Gasteiger partial charge in [-0.25, -0.2) is 21.6 Å². The first-order valence-corrected chi connectivity index (χ1v) is 11.8. The molecule has 0 fully saturated rings. The Morgan fingerprint density at radius 1 is 0.828 bits per heavy atom. The van der Waals surface area contributed by atoms with E-state index in [2.05, 4.69) is 10.0 Å². The third-order valence-corrected chi connectivity index (χ3v) is 7.46. The number of carbonyl (C=O) groups is 1. The fourth-order valence-corrected chi connectivity index (χ4v) is 4.58. The lowest BCUT2D eigenvalue weighted by molar-refractivity contribution is -0.121. The van der Waals surface area contributed by atoms with Gasteiger partial charge in [-0.3, -0.25) is 4.79 Å². The maximum atomic E-state index is 12.5. The minimum atomic E-state index is -3.78. The Labute approximate surface area is 172 Å². The number of amides is 1. The molecule has 0 atom stereocenters. The summed E-state index contributed by atoms with van der Waals surface area (Å²) in [5.41, 5.74) is 1.87. The number of likely N-dealkylation sites (N-methyl/N-ethyl adjacent to an activating group) is 1. The van der Waals surface area contributed by atoms with Crippen LogP contribution in [-0.4, -0.2) is 53.7 Å². The van der Waals surface area contributed by atoms with Crippen molar-refractivity contribution in [2.24, 2.45) is 0 Å². The molecule has 0 heterocycles. The van der Waals surface area contributed by atoms with Crippen molar-refractivity contribution in [2.45, 2.75) is 23.6 Å². The lowest BCUT2D eigenvalue weighted by atomic mass is 10.2. The van der Waals surface area contributed by atoms with Crippen LogP contribution in [0.2, 0.25) is 0 Å². The van der Waals surface area contributed by atoms with Crippen molar-refractivity contribution in [1.29, 1.82) is 0 Å². The highest BCUT2D eigenvalue weighted by Crippen LogP contribution is 2.14. The van der Waals surface area contributed by atoms with E-state index < -0.39 is 26.0 Å². The van der Waals surface area contributed by atoms with E-state index in [-0.39, 0.29) is 29.4 Å².